The molecule has 0 saturated carbocycles. The van der Waals surface area contributed by atoms with E-state index in [0.717, 1.165) is 6.07 Å². The second-order valence-electron chi connectivity index (χ2n) is 3.83. The molecule has 0 N–H and O–H groups in total. The van der Waals surface area contributed by atoms with Gasteiger partial charge < -0.3 is 4.74 Å². The van der Waals surface area contributed by atoms with Crippen molar-refractivity contribution >= 4 is 22.2 Å². The summed E-state index contributed by atoms with van der Waals surface area (Å²) in [6.45, 7) is -0.0946. The van der Waals surface area contributed by atoms with Crippen LogP contribution in [0, 0.1) is 11.6 Å². The van der Waals surface area contributed by atoms with Crippen LogP contribution in [0.1, 0.15) is 15.9 Å². The van der Waals surface area contributed by atoms with Crippen LogP contribution in [0.4, 0.5) is 8.78 Å². The van der Waals surface area contributed by atoms with Gasteiger partial charge in [-0.2, -0.15) is 0 Å². The number of carbonyl (C=O) groups excluding carboxylic acids is 1. The lowest BCUT2D eigenvalue weighted by Crippen LogP contribution is -2.00. The predicted octanol–water partition coefficient (Wildman–Crippen LogP) is 4.12. The lowest BCUT2D eigenvalue weighted by Gasteiger charge is -2.08. The molecule has 2 nitrogen and oxygen atoms in total. The maximum Gasteiger partial charge on any atom is 0.165 e. The van der Waals surface area contributed by atoms with Gasteiger partial charge in [-0.1, -0.05) is 15.9 Å². The zero-order valence-corrected chi connectivity index (χ0v) is 11.3. The van der Waals surface area contributed by atoms with Crippen LogP contribution in [0.3, 0.4) is 0 Å². The van der Waals surface area contributed by atoms with Gasteiger partial charge in [-0.25, -0.2) is 8.78 Å². The highest BCUT2D eigenvalue weighted by Gasteiger charge is 2.07. The molecule has 0 unspecified atom stereocenters. The third kappa shape index (κ3) is 3.38. The molecule has 0 heterocycles. The van der Waals surface area contributed by atoms with E-state index in [1.807, 2.05) is 0 Å². The Balaban J connectivity index is 2.14. The molecule has 0 fully saturated rings. The van der Waals surface area contributed by atoms with Gasteiger partial charge in [0.05, 0.1) is 0 Å². The summed E-state index contributed by atoms with van der Waals surface area (Å²) in [5, 5.41) is 0. The molecule has 19 heavy (non-hydrogen) atoms. The van der Waals surface area contributed by atoms with Gasteiger partial charge in [0.1, 0.15) is 18.7 Å². The van der Waals surface area contributed by atoms with Crippen molar-refractivity contribution in [2.24, 2.45) is 0 Å². The molecule has 0 radical (unpaired) electrons. The van der Waals surface area contributed by atoms with Crippen LogP contribution in [0.25, 0.3) is 0 Å². The first-order valence-corrected chi connectivity index (χ1v) is 6.21. The summed E-state index contributed by atoms with van der Waals surface area (Å²) in [6, 6.07) is 8.27. The van der Waals surface area contributed by atoms with Gasteiger partial charge in [-0.3, -0.25) is 4.79 Å². The zero-order valence-electron chi connectivity index (χ0n) is 9.70. The van der Waals surface area contributed by atoms with Crippen molar-refractivity contribution in [1.29, 1.82) is 0 Å². The van der Waals surface area contributed by atoms with Gasteiger partial charge in [0.25, 0.3) is 0 Å². The highest BCUT2D eigenvalue weighted by atomic mass is 79.9. The Labute approximate surface area is 117 Å². The van der Waals surface area contributed by atoms with E-state index in [9.17, 15) is 13.6 Å². The number of aldehydes is 1. The fourth-order valence-corrected chi connectivity index (χ4v) is 1.93. The van der Waals surface area contributed by atoms with Crippen LogP contribution in [-0.4, -0.2) is 6.29 Å². The molecule has 0 aromatic heterocycles. The summed E-state index contributed by atoms with van der Waals surface area (Å²) in [5.74, 6) is -1.10. The summed E-state index contributed by atoms with van der Waals surface area (Å²) >= 11 is 3.22. The van der Waals surface area contributed by atoms with Crippen molar-refractivity contribution in [3.05, 3.63) is 63.6 Å². The van der Waals surface area contributed by atoms with Gasteiger partial charge in [0.2, 0.25) is 0 Å². The molecular weight excluding hydrogens is 318 g/mol. The predicted molar refractivity (Wildman–Crippen MR) is 70.2 cm³/mol. The van der Waals surface area contributed by atoms with E-state index in [2.05, 4.69) is 15.9 Å². The number of rotatable bonds is 4. The van der Waals surface area contributed by atoms with E-state index in [1.165, 1.54) is 18.2 Å². The molecule has 98 valence electrons. The van der Waals surface area contributed by atoms with Crippen LogP contribution < -0.4 is 4.74 Å². The lowest BCUT2D eigenvalue weighted by atomic mass is 10.2. The molecule has 2 rings (SSSR count). The fraction of sp³-hybridized carbons (Fsp3) is 0.0714. The molecule has 2 aromatic rings. The second-order valence-corrected chi connectivity index (χ2v) is 4.75. The molecule has 0 aliphatic carbocycles. The Bertz CT molecular complexity index is 614. The highest BCUT2D eigenvalue weighted by Crippen LogP contribution is 2.21. The first-order chi connectivity index (χ1) is 9.10. The van der Waals surface area contributed by atoms with Crippen molar-refractivity contribution in [2.45, 2.75) is 6.61 Å². The van der Waals surface area contributed by atoms with Crippen molar-refractivity contribution in [3.8, 4) is 5.75 Å². The summed E-state index contributed by atoms with van der Waals surface area (Å²) in [5.41, 5.74) is 0.534. The Hall–Kier alpha value is -1.75. The summed E-state index contributed by atoms with van der Waals surface area (Å²) in [7, 11) is 0. The first-order valence-electron chi connectivity index (χ1n) is 5.41. The van der Waals surface area contributed by atoms with E-state index in [4.69, 9.17) is 4.74 Å². The van der Waals surface area contributed by atoms with Crippen LogP contribution in [-0.2, 0) is 6.61 Å². The quantitative estimate of drug-likeness (QED) is 0.790. The molecule has 0 saturated heterocycles. The maximum absolute atomic E-state index is 13.5. The van der Waals surface area contributed by atoms with E-state index in [0.29, 0.717) is 16.3 Å². The third-order valence-corrected chi connectivity index (χ3v) is 2.98. The largest absolute Gasteiger partial charge is 0.486 e. The first kappa shape index (κ1) is 13.7. The minimum absolute atomic E-state index is 0.0232. The minimum Gasteiger partial charge on any atom is -0.486 e. The zero-order chi connectivity index (χ0) is 13.8. The number of hydrogen-bond acceptors (Lipinski definition) is 2. The average Bonchev–Trinajstić information content (AvgIpc) is 2.40. The minimum atomic E-state index is -0.653. The Morgan fingerprint density at radius 1 is 1.11 bits per heavy atom. The topological polar surface area (TPSA) is 26.3 Å². The Morgan fingerprint density at radius 2 is 1.89 bits per heavy atom. The normalized spacial score (nSPS) is 10.3. The van der Waals surface area contributed by atoms with Gasteiger partial charge in [-0.05, 0) is 36.4 Å². The van der Waals surface area contributed by atoms with E-state index in [1.54, 1.807) is 12.1 Å². The third-order valence-electron chi connectivity index (χ3n) is 2.48. The average molecular weight is 327 g/mol. The molecule has 2 aromatic carbocycles. The standard InChI is InChI=1S/C14H9BrF2O2/c15-11-2-3-12(16)10(6-11)8-19-14-4-1-9(7-18)5-13(14)17/h1-7H,8H2. The fourth-order valence-electron chi connectivity index (χ4n) is 1.52. The maximum atomic E-state index is 13.5. The summed E-state index contributed by atoms with van der Waals surface area (Å²) in [4.78, 5) is 10.5. The van der Waals surface area contributed by atoms with Crippen molar-refractivity contribution in [2.75, 3.05) is 0 Å². The Morgan fingerprint density at radius 3 is 2.58 bits per heavy atom. The van der Waals surface area contributed by atoms with Gasteiger partial charge in [0.15, 0.2) is 11.6 Å². The molecule has 0 amide bonds. The van der Waals surface area contributed by atoms with Gasteiger partial charge in [0, 0.05) is 15.6 Å². The molecule has 0 atom stereocenters. The van der Waals surface area contributed by atoms with Crippen LogP contribution in [0.15, 0.2) is 40.9 Å². The van der Waals surface area contributed by atoms with Crippen molar-refractivity contribution in [1.82, 2.24) is 0 Å². The SMILES string of the molecule is O=Cc1ccc(OCc2cc(Br)ccc2F)c(F)c1. The Kier molecular flexibility index (Phi) is 4.27. The van der Waals surface area contributed by atoms with Crippen LogP contribution in [0.5, 0.6) is 5.75 Å². The van der Waals surface area contributed by atoms with E-state index in [-0.39, 0.29) is 17.9 Å². The van der Waals surface area contributed by atoms with Crippen LogP contribution in [0.2, 0.25) is 0 Å². The number of ether oxygens (including phenoxy) is 1. The molecule has 0 aliphatic heterocycles. The van der Waals surface area contributed by atoms with Gasteiger partial charge in [-0.15, -0.1) is 0 Å². The summed E-state index contributed by atoms with van der Waals surface area (Å²) < 4.78 is 32.9. The number of carbonyl (C=O) groups is 1. The molecule has 0 aliphatic rings. The molecule has 0 spiro atoms. The number of hydrogen-bond donors (Lipinski definition) is 0. The highest BCUT2D eigenvalue weighted by molar-refractivity contribution is 9.10. The second kappa shape index (κ2) is 5.93. The molecular formula is C14H9BrF2O2. The number of benzene rings is 2. The molecule has 5 heteroatoms. The van der Waals surface area contributed by atoms with E-state index < -0.39 is 11.6 Å². The van der Waals surface area contributed by atoms with Gasteiger partial charge >= 0.3 is 0 Å². The lowest BCUT2D eigenvalue weighted by molar-refractivity contribution is 0.112. The van der Waals surface area contributed by atoms with Crippen molar-refractivity contribution in [3.63, 3.8) is 0 Å². The van der Waals surface area contributed by atoms with Crippen LogP contribution >= 0.6 is 15.9 Å². The van der Waals surface area contributed by atoms with Crippen molar-refractivity contribution < 1.29 is 18.3 Å². The smallest absolute Gasteiger partial charge is 0.165 e. The molecule has 0 bridgehead atoms. The monoisotopic (exact) mass is 326 g/mol. The van der Waals surface area contributed by atoms with E-state index >= 15 is 0 Å². The number of halogens is 3. The summed E-state index contributed by atoms with van der Waals surface area (Å²) in [6.07, 6.45) is 0.542.